The van der Waals surface area contributed by atoms with E-state index in [0.29, 0.717) is 12.1 Å². The summed E-state index contributed by atoms with van der Waals surface area (Å²) < 4.78 is 0. The number of benzene rings is 1. The van der Waals surface area contributed by atoms with Gasteiger partial charge in [0.15, 0.2) is 0 Å². The lowest BCUT2D eigenvalue weighted by molar-refractivity contribution is -0.115. The van der Waals surface area contributed by atoms with Crippen molar-refractivity contribution in [1.82, 2.24) is 5.32 Å². The molecule has 4 heteroatoms. The molecule has 1 aromatic heterocycles. The minimum Gasteiger partial charge on any atom is -0.339 e. The first-order valence-electron chi connectivity index (χ1n) is 6.30. The van der Waals surface area contributed by atoms with E-state index in [2.05, 4.69) is 10.3 Å². The Morgan fingerprint density at radius 3 is 2.84 bits per heavy atom. The van der Waals surface area contributed by atoms with Crippen molar-refractivity contribution in [2.24, 2.45) is 4.99 Å². The molecule has 3 nitrogen and oxygen atoms in total. The number of rotatable bonds is 2. The molecule has 0 aliphatic carbocycles. The van der Waals surface area contributed by atoms with E-state index in [0.717, 1.165) is 16.1 Å². The SMILES string of the molecule is CCC1=Nc2ccccc2C(c2cccs2)NC1=O. The fourth-order valence-electron chi connectivity index (χ4n) is 2.24. The van der Waals surface area contributed by atoms with Crippen LogP contribution in [0.2, 0.25) is 0 Å². The largest absolute Gasteiger partial charge is 0.339 e. The number of nitrogens with one attached hydrogen (secondary N) is 1. The molecule has 0 fully saturated rings. The van der Waals surface area contributed by atoms with E-state index in [1.54, 1.807) is 11.3 Å². The summed E-state index contributed by atoms with van der Waals surface area (Å²) >= 11 is 1.65. The molecule has 1 atom stereocenters. The number of amides is 1. The first-order chi connectivity index (χ1) is 9.29. The number of carbonyl (C=O) groups excluding carboxylic acids is 1. The molecule has 0 bridgehead atoms. The first kappa shape index (κ1) is 12.1. The zero-order valence-electron chi connectivity index (χ0n) is 10.6. The number of carbonyl (C=O) groups is 1. The molecule has 1 unspecified atom stereocenters. The van der Waals surface area contributed by atoms with Gasteiger partial charge in [-0.3, -0.25) is 4.79 Å². The Morgan fingerprint density at radius 1 is 1.26 bits per heavy atom. The van der Waals surface area contributed by atoms with Crippen LogP contribution >= 0.6 is 11.3 Å². The molecule has 1 aliphatic rings. The summed E-state index contributed by atoms with van der Waals surface area (Å²) in [6, 6.07) is 11.9. The predicted molar refractivity (Wildman–Crippen MR) is 78.1 cm³/mol. The van der Waals surface area contributed by atoms with Gasteiger partial charge in [-0.1, -0.05) is 31.2 Å². The summed E-state index contributed by atoms with van der Waals surface area (Å²) in [5, 5.41) is 5.10. The standard InChI is InChI=1S/C15H14N2OS/c1-2-11-15(18)17-14(13-8-5-9-19-13)10-6-3-4-7-12(10)16-11/h3-9,14H,2H2,1H3,(H,17,18). The van der Waals surface area contributed by atoms with E-state index in [-0.39, 0.29) is 11.9 Å². The van der Waals surface area contributed by atoms with E-state index in [1.165, 1.54) is 0 Å². The Balaban J connectivity index is 2.14. The molecule has 96 valence electrons. The summed E-state index contributed by atoms with van der Waals surface area (Å²) in [6.07, 6.45) is 0.636. The van der Waals surface area contributed by atoms with Crippen molar-refractivity contribution in [3.63, 3.8) is 0 Å². The van der Waals surface area contributed by atoms with Gasteiger partial charge in [-0.15, -0.1) is 11.3 Å². The normalized spacial score (nSPS) is 18.3. The number of para-hydroxylation sites is 1. The lowest BCUT2D eigenvalue weighted by atomic mass is 10.0. The third kappa shape index (κ3) is 2.19. The molecule has 2 heterocycles. The van der Waals surface area contributed by atoms with Gasteiger partial charge in [-0.25, -0.2) is 4.99 Å². The second-order valence-electron chi connectivity index (χ2n) is 4.39. The van der Waals surface area contributed by atoms with Gasteiger partial charge in [0.2, 0.25) is 0 Å². The first-order valence-corrected chi connectivity index (χ1v) is 7.18. The minimum atomic E-state index is -0.100. The van der Waals surface area contributed by atoms with Crippen LogP contribution < -0.4 is 5.32 Å². The molecule has 0 radical (unpaired) electrons. The molecule has 1 amide bonds. The van der Waals surface area contributed by atoms with Crippen LogP contribution in [-0.2, 0) is 4.79 Å². The van der Waals surface area contributed by atoms with E-state index >= 15 is 0 Å². The highest BCUT2D eigenvalue weighted by Gasteiger charge is 2.25. The van der Waals surface area contributed by atoms with Gasteiger partial charge >= 0.3 is 0 Å². The third-order valence-corrected chi connectivity index (χ3v) is 4.14. The van der Waals surface area contributed by atoms with Crippen molar-refractivity contribution in [3.05, 3.63) is 52.2 Å². The van der Waals surface area contributed by atoms with Crippen molar-refractivity contribution in [1.29, 1.82) is 0 Å². The third-order valence-electron chi connectivity index (χ3n) is 3.20. The van der Waals surface area contributed by atoms with Crippen LogP contribution in [0.25, 0.3) is 0 Å². The molecule has 1 aromatic carbocycles. The highest BCUT2D eigenvalue weighted by Crippen LogP contribution is 2.34. The lowest BCUT2D eigenvalue weighted by Gasteiger charge is -2.16. The number of aliphatic imine (C=N–C) groups is 1. The molecule has 0 saturated heterocycles. The van der Waals surface area contributed by atoms with E-state index in [4.69, 9.17) is 0 Å². The number of thiophene rings is 1. The summed E-state index contributed by atoms with van der Waals surface area (Å²) in [5.41, 5.74) is 2.53. The van der Waals surface area contributed by atoms with Crippen molar-refractivity contribution < 1.29 is 4.79 Å². The highest BCUT2D eigenvalue weighted by molar-refractivity contribution is 7.10. The molecular formula is C15H14N2OS. The molecule has 1 aliphatic heterocycles. The molecule has 3 rings (SSSR count). The maximum absolute atomic E-state index is 12.2. The summed E-state index contributed by atoms with van der Waals surface area (Å²) in [6.45, 7) is 1.95. The zero-order chi connectivity index (χ0) is 13.2. The van der Waals surface area contributed by atoms with Crippen LogP contribution in [0.5, 0.6) is 0 Å². The Labute approximate surface area is 116 Å². The van der Waals surface area contributed by atoms with Crippen LogP contribution in [0.4, 0.5) is 5.69 Å². The summed E-state index contributed by atoms with van der Waals surface area (Å²) in [7, 11) is 0. The Kier molecular flexibility index (Phi) is 3.17. The quantitative estimate of drug-likeness (QED) is 0.892. The summed E-state index contributed by atoms with van der Waals surface area (Å²) in [5.74, 6) is -0.0721. The Morgan fingerprint density at radius 2 is 2.11 bits per heavy atom. The lowest BCUT2D eigenvalue weighted by Crippen LogP contribution is -2.32. The second kappa shape index (κ2) is 4.97. The minimum absolute atomic E-state index is 0.0721. The predicted octanol–water partition coefficient (Wildman–Crippen LogP) is 3.45. The van der Waals surface area contributed by atoms with Crippen LogP contribution in [0.3, 0.4) is 0 Å². The fourth-order valence-corrected chi connectivity index (χ4v) is 3.03. The number of hydrogen-bond donors (Lipinski definition) is 1. The van der Waals surface area contributed by atoms with Gasteiger partial charge in [0.05, 0.1) is 11.7 Å². The smallest absolute Gasteiger partial charge is 0.266 e. The van der Waals surface area contributed by atoms with Gasteiger partial charge in [0.25, 0.3) is 5.91 Å². The van der Waals surface area contributed by atoms with Gasteiger partial charge < -0.3 is 5.32 Å². The molecule has 19 heavy (non-hydrogen) atoms. The van der Waals surface area contributed by atoms with Crippen molar-refractivity contribution >= 4 is 28.6 Å². The number of nitrogens with zero attached hydrogens (tertiary/aromatic N) is 1. The monoisotopic (exact) mass is 270 g/mol. The summed E-state index contributed by atoms with van der Waals surface area (Å²) in [4.78, 5) is 17.8. The highest BCUT2D eigenvalue weighted by atomic mass is 32.1. The van der Waals surface area contributed by atoms with Gasteiger partial charge in [0, 0.05) is 10.4 Å². The average molecular weight is 270 g/mol. The van der Waals surface area contributed by atoms with Crippen molar-refractivity contribution in [2.45, 2.75) is 19.4 Å². The molecule has 0 spiro atoms. The molecule has 1 N–H and O–H groups in total. The van der Waals surface area contributed by atoms with E-state index < -0.39 is 0 Å². The van der Waals surface area contributed by atoms with Crippen LogP contribution in [0, 0.1) is 0 Å². The average Bonchev–Trinajstić information content (AvgIpc) is 2.92. The van der Waals surface area contributed by atoms with Crippen LogP contribution in [0.1, 0.15) is 29.8 Å². The van der Waals surface area contributed by atoms with Crippen LogP contribution in [-0.4, -0.2) is 11.6 Å². The molecule has 2 aromatic rings. The van der Waals surface area contributed by atoms with Gasteiger partial charge in [-0.2, -0.15) is 0 Å². The number of fused-ring (bicyclic) bond motifs is 1. The molecular weight excluding hydrogens is 256 g/mol. The van der Waals surface area contributed by atoms with E-state index in [9.17, 15) is 4.79 Å². The van der Waals surface area contributed by atoms with E-state index in [1.807, 2.05) is 48.7 Å². The Hall–Kier alpha value is -1.94. The maximum atomic E-state index is 12.2. The fraction of sp³-hybridized carbons (Fsp3) is 0.200. The topological polar surface area (TPSA) is 41.5 Å². The van der Waals surface area contributed by atoms with Gasteiger partial charge in [0.1, 0.15) is 5.71 Å². The Bertz CT molecular complexity index is 631. The molecule has 0 saturated carbocycles. The van der Waals surface area contributed by atoms with Crippen molar-refractivity contribution in [2.75, 3.05) is 0 Å². The zero-order valence-corrected chi connectivity index (χ0v) is 11.4. The van der Waals surface area contributed by atoms with Crippen molar-refractivity contribution in [3.8, 4) is 0 Å². The van der Waals surface area contributed by atoms with Crippen LogP contribution in [0.15, 0.2) is 46.8 Å². The second-order valence-corrected chi connectivity index (χ2v) is 5.37. The number of hydrogen-bond acceptors (Lipinski definition) is 3. The maximum Gasteiger partial charge on any atom is 0.266 e. The van der Waals surface area contributed by atoms with Gasteiger partial charge in [-0.05, 0) is 23.9 Å².